The van der Waals surface area contributed by atoms with Crippen LogP contribution in [0.1, 0.15) is 52.4 Å². The van der Waals surface area contributed by atoms with E-state index < -0.39 is 0 Å². The molecule has 0 radical (unpaired) electrons. The largest absolute Gasteiger partial charge is 0.299 e. The third kappa shape index (κ3) is 1.49. The maximum absolute atomic E-state index is 8.78. The van der Waals surface area contributed by atoms with Crippen LogP contribution in [0, 0.1) is 28.1 Å². The number of nitriles is 1. The van der Waals surface area contributed by atoms with Gasteiger partial charge in [-0.25, -0.2) is 0 Å². The van der Waals surface area contributed by atoms with Gasteiger partial charge in [-0.05, 0) is 55.3 Å². The Morgan fingerprint density at radius 2 is 1.75 bits per heavy atom. The number of rotatable bonds is 2. The lowest BCUT2D eigenvalue weighted by atomic mass is 9.43. The average molecular weight is 218 g/mol. The van der Waals surface area contributed by atoms with Gasteiger partial charge in [0.05, 0.1) is 12.6 Å². The molecule has 0 amide bonds. The zero-order valence-corrected chi connectivity index (χ0v) is 10.5. The smallest absolute Gasteiger partial charge is 0.0845 e. The number of nitrogens with one attached hydrogen (secondary N) is 1. The summed E-state index contributed by atoms with van der Waals surface area (Å²) >= 11 is 0. The van der Waals surface area contributed by atoms with Crippen LogP contribution < -0.4 is 5.32 Å². The first kappa shape index (κ1) is 10.6. The molecule has 88 valence electrons. The van der Waals surface area contributed by atoms with Gasteiger partial charge in [0.25, 0.3) is 0 Å². The predicted molar refractivity (Wildman–Crippen MR) is 63.8 cm³/mol. The zero-order chi connectivity index (χ0) is 11.4. The highest BCUT2D eigenvalue weighted by Crippen LogP contribution is 2.66. The number of hydrogen-bond donors (Lipinski definition) is 1. The van der Waals surface area contributed by atoms with Crippen LogP contribution in [-0.2, 0) is 0 Å². The number of nitrogens with zero attached hydrogens (tertiary/aromatic N) is 1. The maximum Gasteiger partial charge on any atom is 0.0845 e. The van der Waals surface area contributed by atoms with Crippen molar-refractivity contribution >= 4 is 0 Å². The van der Waals surface area contributed by atoms with Crippen molar-refractivity contribution in [3.8, 4) is 6.07 Å². The topological polar surface area (TPSA) is 35.8 Å². The van der Waals surface area contributed by atoms with Crippen LogP contribution in [-0.4, -0.2) is 12.1 Å². The fourth-order valence-electron chi connectivity index (χ4n) is 5.87. The summed E-state index contributed by atoms with van der Waals surface area (Å²) in [5.41, 5.74) is 1.41. The quantitative estimate of drug-likeness (QED) is 0.723. The molecule has 0 aromatic carbocycles. The summed E-state index contributed by atoms with van der Waals surface area (Å²) in [6.07, 6.45) is 8.19. The zero-order valence-electron chi connectivity index (χ0n) is 10.5. The molecule has 0 saturated heterocycles. The minimum absolute atomic E-state index is 0.304. The van der Waals surface area contributed by atoms with E-state index in [2.05, 4.69) is 25.2 Å². The highest BCUT2D eigenvalue weighted by molar-refractivity contribution is 5.14. The lowest BCUT2D eigenvalue weighted by molar-refractivity contribution is -0.116. The molecule has 4 aliphatic carbocycles. The summed E-state index contributed by atoms with van der Waals surface area (Å²) < 4.78 is 0. The van der Waals surface area contributed by atoms with Crippen LogP contribution in [0.2, 0.25) is 0 Å². The Kier molecular flexibility index (Phi) is 2.00. The molecule has 1 N–H and O–H groups in total. The fraction of sp³-hybridized carbons (Fsp3) is 0.929. The van der Waals surface area contributed by atoms with Crippen LogP contribution in [0.4, 0.5) is 0 Å². The molecule has 4 bridgehead atoms. The molecule has 4 rings (SSSR count). The Morgan fingerprint density at radius 1 is 1.12 bits per heavy atom. The van der Waals surface area contributed by atoms with Crippen LogP contribution in [0.3, 0.4) is 0 Å². The van der Waals surface area contributed by atoms with Gasteiger partial charge in [0, 0.05) is 5.54 Å². The van der Waals surface area contributed by atoms with Gasteiger partial charge in [-0.15, -0.1) is 0 Å². The van der Waals surface area contributed by atoms with Crippen LogP contribution >= 0.6 is 0 Å². The third-order valence-electron chi connectivity index (χ3n) is 5.17. The van der Waals surface area contributed by atoms with Gasteiger partial charge in [-0.1, -0.05) is 13.8 Å². The molecule has 4 aliphatic rings. The van der Waals surface area contributed by atoms with Gasteiger partial charge in [0.1, 0.15) is 0 Å². The molecule has 16 heavy (non-hydrogen) atoms. The van der Waals surface area contributed by atoms with Crippen molar-refractivity contribution in [2.75, 3.05) is 6.54 Å². The lowest BCUT2D eigenvalue weighted by Gasteiger charge is -2.65. The van der Waals surface area contributed by atoms with E-state index in [9.17, 15) is 0 Å². The fourth-order valence-corrected chi connectivity index (χ4v) is 5.87. The molecular weight excluding hydrogens is 196 g/mol. The van der Waals surface area contributed by atoms with Crippen molar-refractivity contribution in [1.29, 1.82) is 5.26 Å². The summed E-state index contributed by atoms with van der Waals surface area (Å²) in [7, 11) is 0. The van der Waals surface area contributed by atoms with Crippen molar-refractivity contribution < 1.29 is 0 Å². The van der Waals surface area contributed by atoms with Crippen LogP contribution in [0.5, 0.6) is 0 Å². The Morgan fingerprint density at radius 3 is 2.25 bits per heavy atom. The second-order valence-corrected chi connectivity index (χ2v) is 7.42. The van der Waals surface area contributed by atoms with E-state index in [4.69, 9.17) is 5.26 Å². The molecule has 2 nitrogen and oxygen atoms in total. The van der Waals surface area contributed by atoms with E-state index in [0.29, 0.717) is 22.9 Å². The van der Waals surface area contributed by atoms with E-state index in [0.717, 1.165) is 5.92 Å². The molecule has 0 spiro atoms. The first-order chi connectivity index (χ1) is 7.47. The molecule has 0 heterocycles. The Balaban J connectivity index is 1.90. The molecule has 0 aliphatic heterocycles. The first-order valence-corrected chi connectivity index (χ1v) is 6.59. The predicted octanol–water partition coefficient (Wildman–Crippen LogP) is 2.85. The lowest BCUT2D eigenvalue weighted by Crippen LogP contribution is -2.64. The second kappa shape index (κ2) is 3.01. The van der Waals surface area contributed by atoms with E-state index in [1.807, 2.05) is 0 Å². The van der Waals surface area contributed by atoms with Gasteiger partial charge in [-0.3, -0.25) is 5.32 Å². The average Bonchev–Trinajstić information content (AvgIpc) is 2.08. The van der Waals surface area contributed by atoms with Crippen molar-refractivity contribution in [2.45, 2.75) is 57.9 Å². The van der Waals surface area contributed by atoms with E-state index in [1.54, 1.807) is 0 Å². The molecule has 4 saturated carbocycles. The minimum atomic E-state index is 0.304. The van der Waals surface area contributed by atoms with E-state index >= 15 is 0 Å². The SMILES string of the molecule is CC12CC3CC(C)(C1)CC(NCC#N)(C3)C2. The molecule has 4 fully saturated rings. The van der Waals surface area contributed by atoms with Crippen LogP contribution in [0.15, 0.2) is 0 Å². The summed E-state index contributed by atoms with van der Waals surface area (Å²) in [6.45, 7) is 5.47. The summed E-state index contributed by atoms with van der Waals surface area (Å²) in [4.78, 5) is 0. The number of hydrogen-bond acceptors (Lipinski definition) is 2. The monoisotopic (exact) mass is 218 g/mol. The third-order valence-corrected chi connectivity index (χ3v) is 5.17. The highest BCUT2D eigenvalue weighted by atomic mass is 15.0. The molecular formula is C14H22N2. The molecule has 0 aromatic heterocycles. The van der Waals surface area contributed by atoms with Crippen molar-refractivity contribution in [3.05, 3.63) is 0 Å². The summed E-state index contributed by atoms with van der Waals surface area (Å²) in [5.74, 6) is 0.914. The van der Waals surface area contributed by atoms with Gasteiger partial charge in [0.2, 0.25) is 0 Å². The maximum atomic E-state index is 8.78. The van der Waals surface area contributed by atoms with Gasteiger partial charge in [-0.2, -0.15) is 5.26 Å². The summed E-state index contributed by atoms with van der Waals surface area (Å²) in [6, 6.07) is 2.26. The van der Waals surface area contributed by atoms with E-state index in [-0.39, 0.29) is 0 Å². The normalized spacial score (nSPS) is 53.9. The highest BCUT2D eigenvalue weighted by Gasteiger charge is 2.59. The Bertz CT molecular complexity index is 336. The first-order valence-electron chi connectivity index (χ1n) is 6.59. The van der Waals surface area contributed by atoms with Crippen molar-refractivity contribution in [2.24, 2.45) is 16.7 Å². The van der Waals surface area contributed by atoms with Crippen molar-refractivity contribution in [1.82, 2.24) is 5.32 Å². The Labute approximate surface area is 98.4 Å². The van der Waals surface area contributed by atoms with Gasteiger partial charge in [0.15, 0.2) is 0 Å². The minimum Gasteiger partial charge on any atom is -0.299 e. The Hall–Kier alpha value is -0.550. The molecule has 0 aromatic rings. The van der Waals surface area contributed by atoms with Crippen molar-refractivity contribution in [3.63, 3.8) is 0 Å². The second-order valence-electron chi connectivity index (χ2n) is 7.42. The summed E-state index contributed by atoms with van der Waals surface area (Å²) in [5, 5.41) is 12.4. The standard InChI is InChI=1S/C14H22N2/c1-12-5-11-6-13(2,8-12)10-14(7-11,9-12)16-4-3-15/h11,16H,4-10H2,1-2H3. The molecule has 2 unspecified atom stereocenters. The van der Waals surface area contributed by atoms with Crippen LogP contribution in [0.25, 0.3) is 0 Å². The molecule has 2 heteroatoms. The van der Waals surface area contributed by atoms with Gasteiger partial charge < -0.3 is 0 Å². The molecule has 2 atom stereocenters. The van der Waals surface area contributed by atoms with Gasteiger partial charge >= 0.3 is 0 Å². The van der Waals surface area contributed by atoms with E-state index in [1.165, 1.54) is 38.5 Å².